The molecule has 26 heavy (non-hydrogen) atoms. The second kappa shape index (κ2) is 7.39. The van der Waals surface area contributed by atoms with Crippen LogP contribution in [-0.2, 0) is 22.4 Å². The van der Waals surface area contributed by atoms with E-state index >= 15 is 0 Å². The SMILES string of the molecule is CC(=O)N1CCCc2cc(NC(=O)Cc3cccc(C(=O)O)c3)ccc21. The number of hydrogen-bond donors (Lipinski definition) is 2. The number of nitrogens with one attached hydrogen (secondary N) is 1. The van der Waals surface area contributed by atoms with Crippen molar-refractivity contribution in [1.29, 1.82) is 0 Å². The van der Waals surface area contributed by atoms with Gasteiger partial charge >= 0.3 is 5.97 Å². The Labute approximate surface area is 151 Å². The Morgan fingerprint density at radius 2 is 1.96 bits per heavy atom. The molecule has 1 aliphatic rings. The summed E-state index contributed by atoms with van der Waals surface area (Å²) in [5.74, 6) is -1.22. The van der Waals surface area contributed by atoms with Crippen LogP contribution in [0.15, 0.2) is 42.5 Å². The van der Waals surface area contributed by atoms with Gasteiger partial charge in [0.15, 0.2) is 0 Å². The second-order valence-electron chi connectivity index (χ2n) is 6.35. The summed E-state index contributed by atoms with van der Waals surface area (Å²) < 4.78 is 0. The molecule has 2 N–H and O–H groups in total. The molecule has 6 nitrogen and oxygen atoms in total. The number of aryl methyl sites for hydroxylation is 1. The van der Waals surface area contributed by atoms with E-state index in [1.807, 2.05) is 12.1 Å². The number of anilines is 2. The third kappa shape index (κ3) is 3.91. The lowest BCUT2D eigenvalue weighted by Gasteiger charge is -2.29. The fourth-order valence-corrected chi connectivity index (χ4v) is 3.21. The maximum atomic E-state index is 12.3. The van der Waals surface area contributed by atoms with Crippen molar-refractivity contribution < 1.29 is 19.5 Å². The van der Waals surface area contributed by atoms with Crippen molar-refractivity contribution >= 4 is 29.2 Å². The Balaban J connectivity index is 1.71. The van der Waals surface area contributed by atoms with Crippen LogP contribution in [0.4, 0.5) is 11.4 Å². The maximum Gasteiger partial charge on any atom is 0.335 e. The van der Waals surface area contributed by atoms with Crippen LogP contribution in [0.5, 0.6) is 0 Å². The summed E-state index contributed by atoms with van der Waals surface area (Å²) in [6.07, 6.45) is 1.85. The van der Waals surface area contributed by atoms with E-state index in [1.54, 1.807) is 30.0 Å². The molecule has 0 spiro atoms. The van der Waals surface area contributed by atoms with Gasteiger partial charge in [0, 0.05) is 24.8 Å². The number of nitrogens with zero attached hydrogens (tertiary/aromatic N) is 1. The first-order valence-corrected chi connectivity index (χ1v) is 8.47. The molecule has 134 valence electrons. The molecule has 0 unspecified atom stereocenters. The maximum absolute atomic E-state index is 12.3. The number of rotatable bonds is 4. The standard InChI is InChI=1S/C20H20N2O4/c1-13(23)22-9-3-6-15-12-17(7-8-18(15)22)21-19(24)11-14-4-2-5-16(10-14)20(25)26/h2,4-5,7-8,10,12H,3,6,9,11H2,1H3,(H,21,24)(H,25,26). The predicted molar refractivity (Wildman–Crippen MR) is 98.5 cm³/mol. The largest absolute Gasteiger partial charge is 0.478 e. The van der Waals surface area contributed by atoms with Crippen molar-refractivity contribution in [2.75, 3.05) is 16.8 Å². The number of fused-ring (bicyclic) bond motifs is 1. The Morgan fingerprint density at radius 3 is 2.69 bits per heavy atom. The molecule has 0 aliphatic carbocycles. The number of amides is 2. The molecule has 0 radical (unpaired) electrons. The molecular weight excluding hydrogens is 332 g/mol. The highest BCUT2D eigenvalue weighted by Gasteiger charge is 2.20. The van der Waals surface area contributed by atoms with Crippen LogP contribution < -0.4 is 10.2 Å². The van der Waals surface area contributed by atoms with Crippen LogP contribution in [0.1, 0.15) is 34.8 Å². The van der Waals surface area contributed by atoms with E-state index in [1.165, 1.54) is 12.1 Å². The quantitative estimate of drug-likeness (QED) is 0.886. The van der Waals surface area contributed by atoms with Gasteiger partial charge in [0.05, 0.1) is 12.0 Å². The summed E-state index contributed by atoms with van der Waals surface area (Å²) in [6, 6.07) is 11.9. The number of benzene rings is 2. The number of aromatic carboxylic acids is 1. The van der Waals surface area contributed by atoms with Crippen LogP contribution in [0.25, 0.3) is 0 Å². The molecule has 0 bridgehead atoms. The van der Waals surface area contributed by atoms with E-state index in [-0.39, 0.29) is 23.8 Å². The van der Waals surface area contributed by atoms with Crippen molar-refractivity contribution in [2.45, 2.75) is 26.2 Å². The minimum Gasteiger partial charge on any atom is -0.478 e. The number of carboxylic acids is 1. The van der Waals surface area contributed by atoms with E-state index in [0.29, 0.717) is 17.8 Å². The lowest BCUT2D eigenvalue weighted by atomic mass is 10.0. The van der Waals surface area contributed by atoms with Crippen LogP contribution in [-0.4, -0.2) is 29.4 Å². The van der Waals surface area contributed by atoms with E-state index in [0.717, 1.165) is 24.1 Å². The molecule has 1 heterocycles. The summed E-state index contributed by atoms with van der Waals surface area (Å²) in [7, 11) is 0. The smallest absolute Gasteiger partial charge is 0.335 e. The van der Waals surface area contributed by atoms with Crippen molar-refractivity contribution in [3.8, 4) is 0 Å². The lowest BCUT2D eigenvalue weighted by Crippen LogP contribution is -2.33. The molecule has 0 saturated carbocycles. The summed E-state index contributed by atoms with van der Waals surface area (Å²) in [6.45, 7) is 2.27. The fourth-order valence-electron chi connectivity index (χ4n) is 3.21. The number of hydrogen-bond acceptors (Lipinski definition) is 3. The highest BCUT2D eigenvalue weighted by atomic mass is 16.4. The van der Waals surface area contributed by atoms with Crippen molar-refractivity contribution in [2.24, 2.45) is 0 Å². The van der Waals surface area contributed by atoms with Gasteiger partial charge in [0.1, 0.15) is 0 Å². The normalized spacial score (nSPS) is 13.0. The van der Waals surface area contributed by atoms with Crippen molar-refractivity contribution in [3.05, 3.63) is 59.2 Å². The molecule has 0 saturated heterocycles. The van der Waals surface area contributed by atoms with E-state index in [2.05, 4.69) is 5.32 Å². The molecular formula is C20H20N2O4. The van der Waals surface area contributed by atoms with Crippen LogP contribution in [0, 0.1) is 0 Å². The molecule has 2 aromatic carbocycles. The molecule has 0 aromatic heterocycles. The van der Waals surface area contributed by atoms with Gasteiger partial charge in [-0.05, 0) is 54.3 Å². The summed E-state index contributed by atoms with van der Waals surface area (Å²) >= 11 is 0. The Bertz CT molecular complexity index is 876. The Morgan fingerprint density at radius 1 is 1.15 bits per heavy atom. The van der Waals surface area contributed by atoms with Gasteiger partial charge < -0.3 is 15.3 Å². The van der Waals surface area contributed by atoms with Gasteiger partial charge in [-0.25, -0.2) is 4.79 Å². The van der Waals surface area contributed by atoms with Gasteiger partial charge in [0.2, 0.25) is 11.8 Å². The van der Waals surface area contributed by atoms with Crippen LogP contribution in [0.2, 0.25) is 0 Å². The predicted octanol–water partition coefficient (Wildman–Crippen LogP) is 2.87. The van der Waals surface area contributed by atoms with Gasteiger partial charge in [-0.1, -0.05) is 12.1 Å². The first-order valence-electron chi connectivity index (χ1n) is 8.47. The third-order valence-electron chi connectivity index (χ3n) is 4.40. The van der Waals surface area contributed by atoms with E-state index in [9.17, 15) is 14.4 Å². The zero-order valence-electron chi connectivity index (χ0n) is 14.5. The molecule has 3 rings (SSSR count). The second-order valence-corrected chi connectivity index (χ2v) is 6.35. The molecule has 2 amide bonds. The van der Waals surface area contributed by atoms with Gasteiger partial charge in [0.25, 0.3) is 0 Å². The van der Waals surface area contributed by atoms with E-state index < -0.39 is 5.97 Å². The lowest BCUT2D eigenvalue weighted by molar-refractivity contribution is -0.117. The number of carboxylic acid groups (broad SMARTS) is 1. The first kappa shape index (κ1) is 17.7. The summed E-state index contributed by atoms with van der Waals surface area (Å²) in [5.41, 5.74) is 3.41. The van der Waals surface area contributed by atoms with E-state index in [4.69, 9.17) is 5.11 Å². The van der Waals surface area contributed by atoms with Crippen molar-refractivity contribution in [3.63, 3.8) is 0 Å². The van der Waals surface area contributed by atoms with Gasteiger partial charge in [-0.15, -0.1) is 0 Å². The Kier molecular flexibility index (Phi) is 5.02. The third-order valence-corrected chi connectivity index (χ3v) is 4.40. The fraction of sp³-hybridized carbons (Fsp3) is 0.250. The highest BCUT2D eigenvalue weighted by Crippen LogP contribution is 2.29. The van der Waals surface area contributed by atoms with Gasteiger partial charge in [-0.3, -0.25) is 9.59 Å². The average molecular weight is 352 g/mol. The monoisotopic (exact) mass is 352 g/mol. The number of carbonyl (C=O) groups excluding carboxylic acids is 2. The zero-order valence-corrected chi connectivity index (χ0v) is 14.5. The minimum atomic E-state index is -1.02. The zero-order chi connectivity index (χ0) is 18.7. The molecule has 2 aromatic rings. The van der Waals surface area contributed by atoms with Crippen molar-refractivity contribution in [1.82, 2.24) is 0 Å². The summed E-state index contributed by atoms with van der Waals surface area (Å²) in [4.78, 5) is 36.8. The minimum absolute atomic E-state index is 0.0149. The first-order chi connectivity index (χ1) is 12.4. The topological polar surface area (TPSA) is 86.7 Å². The highest BCUT2D eigenvalue weighted by molar-refractivity contribution is 5.95. The molecule has 6 heteroatoms. The van der Waals surface area contributed by atoms with Gasteiger partial charge in [-0.2, -0.15) is 0 Å². The summed E-state index contributed by atoms with van der Waals surface area (Å²) in [5, 5.41) is 11.9. The van der Waals surface area contributed by atoms with Crippen LogP contribution in [0.3, 0.4) is 0 Å². The van der Waals surface area contributed by atoms with Crippen LogP contribution >= 0.6 is 0 Å². The molecule has 0 fully saturated rings. The molecule has 0 atom stereocenters. The average Bonchev–Trinajstić information content (AvgIpc) is 2.61. The Hall–Kier alpha value is -3.15. The molecule has 1 aliphatic heterocycles. The number of carbonyl (C=O) groups is 3.